The van der Waals surface area contributed by atoms with Crippen molar-refractivity contribution in [3.05, 3.63) is 65.2 Å². The van der Waals surface area contributed by atoms with Gasteiger partial charge in [0.15, 0.2) is 0 Å². The molecule has 0 bridgehead atoms. The number of allylic oxidation sites excluding steroid dienone is 1. The summed E-state index contributed by atoms with van der Waals surface area (Å²) in [5.41, 5.74) is 4.10. The number of benzene rings is 2. The van der Waals surface area contributed by atoms with Crippen molar-refractivity contribution in [2.45, 2.75) is 44.9 Å². The lowest BCUT2D eigenvalue weighted by Gasteiger charge is -2.13. The van der Waals surface area contributed by atoms with Gasteiger partial charge in [0.25, 0.3) is 0 Å². The summed E-state index contributed by atoms with van der Waals surface area (Å²) in [4.78, 5) is 0.274. The molecule has 0 aliphatic rings. The molecular formula is C21H27NO3S. The Morgan fingerprint density at radius 2 is 1.81 bits per heavy atom. The highest BCUT2D eigenvalue weighted by molar-refractivity contribution is 7.89. The number of rotatable bonds is 8. The topological polar surface area (TPSA) is 66.4 Å². The minimum atomic E-state index is -3.52. The van der Waals surface area contributed by atoms with Crippen molar-refractivity contribution in [1.29, 1.82) is 0 Å². The fourth-order valence-corrected chi connectivity index (χ4v) is 3.77. The van der Waals surface area contributed by atoms with E-state index in [9.17, 15) is 13.5 Å². The Labute approximate surface area is 156 Å². The van der Waals surface area contributed by atoms with E-state index in [1.807, 2.05) is 19.9 Å². The zero-order valence-corrected chi connectivity index (χ0v) is 16.4. The first kappa shape index (κ1) is 20.2. The van der Waals surface area contributed by atoms with Gasteiger partial charge in [-0.3, -0.25) is 0 Å². The number of sulfonamides is 1. The lowest BCUT2D eigenvalue weighted by Crippen LogP contribution is -2.25. The van der Waals surface area contributed by atoms with Gasteiger partial charge < -0.3 is 5.11 Å². The normalized spacial score (nSPS) is 12.3. The van der Waals surface area contributed by atoms with Gasteiger partial charge in [-0.2, -0.15) is 0 Å². The molecule has 2 aromatic carbocycles. The van der Waals surface area contributed by atoms with Crippen LogP contribution in [0, 0.1) is 13.8 Å². The van der Waals surface area contributed by atoms with E-state index in [-0.39, 0.29) is 10.6 Å². The zero-order valence-electron chi connectivity index (χ0n) is 15.6. The third-order valence-electron chi connectivity index (χ3n) is 4.26. The summed E-state index contributed by atoms with van der Waals surface area (Å²) in [6, 6.07) is 12.1. The minimum Gasteiger partial charge on any atom is -0.508 e. The molecular weight excluding hydrogens is 346 g/mol. The zero-order chi connectivity index (χ0) is 19.2. The van der Waals surface area contributed by atoms with Crippen molar-refractivity contribution in [3.8, 4) is 5.75 Å². The fourth-order valence-electron chi connectivity index (χ4n) is 2.74. The van der Waals surface area contributed by atoms with Crippen LogP contribution in [0.25, 0.3) is 5.57 Å². The van der Waals surface area contributed by atoms with Gasteiger partial charge in [-0.1, -0.05) is 43.2 Å². The molecule has 0 amide bonds. The van der Waals surface area contributed by atoms with Crippen LogP contribution in [-0.4, -0.2) is 20.1 Å². The number of aryl methyl sites for hydroxylation is 2. The molecule has 0 saturated carbocycles. The molecule has 0 radical (unpaired) electrons. The van der Waals surface area contributed by atoms with Crippen LogP contribution < -0.4 is 4.72 Å². The quantitative estimate of drug-likeness (QED) is 0.713. The van der Waals surface area contributed by atoms with Crippen LogP contribution >= 0.6 is 0 Å². The number of hydrogen-bond donors (Lipinski definition) is 2. The molecule has 0 spiro atoms. The first-order valence-electron chi connectivity index (χ1n) is 8.89. The van der Waals surface area contributed by atoms with Crippen LogP contribution in [0.15, 0.2) is 53.4 Å². The highest BCUT2D eigenvalue weighted by Crippen LogP contribution is 2.26. The highest BCUT2D eigenvalue weighted by atomic mass is 32.2. The molecule has 0 fully saturated rings. The number of nitrogens with one attached hydrogen (secondary N) is 1. The third-order valence-corrected chi connectivity index (χ3v) is 5.74. The number of aromatic hydroxyl groups is 1. The maximum absolute atomic E-state index is 12.4. The van der Waals surface area contributed by atoms with Crippen LogP contribution in [0.1, 0.15) is 42.9 Å². The lowest BCUT2D eigenvalue weighted by atomic mass is 9.96. The van der Waals surface area contributed by atoms with E-state index in [0.717, 1.165) is 35.1 Å². The van der Waals surface area contributed by atoms with Crippen molar-refractivity contribution in [2.75, 3.05) is 6.54 Å². The summed E-state index contributed by atoms with van der Waals surface area (Å²) in [5.74, 6) is 0.216. The summed E-state index contributed by atoms with van der Waals surface area (Å²) < 4.78 is 27.5. The smallest absolute Gasteiger partial charge is 0.240 e. The van der Waals surface area contributed by atoms with E-state index in [1.165, 1.54) is 0 Å². The molecule has 0 heterocycles. The van der Waals surface area contributed by atoms with E-state index in [4.69, 9.17) is 0 Å². The summed E-state index contributed by atoms with van der Waals surface area (Å²) in [6.07, 6.45) is 4.61. The van der Waals surface area contributed by atoms with E-state index >= 15 is 0 Å². The second-order valence-electron chi connectivity index (χ2n) is 6.48. The summed E-state index contributed by atoms with van der Waals surface area (Å²) in [5, 5.41) is 9.80. The third kappa shape index (κ3) is 5.44. The van der Waals surface area contributed by atoms with Gasteiger partial charge in [-0.15, -0.1) is 0 Å². The summed E-state index contributed by atoms with van der Waals surface area (Å²) in [6.45, 7) is 6.32. The number of phenolic OH excluding ortho intramolecular Hbond substituents is 1. The second-order valence-corrected chi connectivity index (χ2v) is 8.25. The van der Waals surface area contributed by atoms with Crippen LogP contribution in [0.5, 0.6) is 5.75 Å². The van der Waals surface area contributed by atoms with Crippen LogP contribution in [0.4, 0.5) is 0 Å². The Kier molecular flexibility index (Phi) is 7.00. The van der Waals surface area contributed by atoms with Crippen molar-refractivity contribution in [3.63, 3.8) is 0 Å². The summed E-state index contributed by atoms with van der Waals surface area (Å²) >= 11 is 0. The van der Waals surface area contributed by atoms with Gasteiger partial charge in [0.1, 0.15) is 5.75 Å². The summed E-state index contributed by atoms with van der Waals surface area (Å²) in [7, 11) is -3.52. The maximum Gasteiger partial charge on any atom is 0.240 e. The minimum absolute atomic E-state index is 0.216. The average Bonchev–Trinajstić information content (AvgIpc) is 2.60. The van der Waals surface area contributed by atoms with E-state index in [1.54, 1.807) is 36.4 Å². The van der Waals surface area contributed by atoms with Crippen molar-refractivity contribution in [1.82, 2.24) is 4.72 Å². The maximum atomic E-state index is 12.4. The van der Waals surface area contributed by atoms with Gasteiger partial charge in [0.2, 0.25) is 10.0 Å². The van der Waals surface area contributed by atoms with Gasteiger partial charge >= 0.3 is 0 Å². The van der Waals surface area contributed by atoms with Gasteiger partial charge in [0, 0.05) is 6.54 Å². The Hall–Kier alpha value is -2.11. The number of hydrogen-bond acceptors (Lipinski definition) is 3. The van der Waals surface area contributed by atoms with Crippen molar-refractivity contribution in [2.24, 2.45) is 0 Å². The van der Waals surface area contributed by atoms with E-state index in [2.05, 4.69) is 17.7 Å². The first-order valence-corrected chi connectivity index (χ1v) is 10.4. The lowest BCUT2D eigenvalue weighted by molar-refractivity contribution is 0.475. The van der Waals surface area contributed by atoms with E-state index in [0.29, 0.717) is 13.0 Å². The molecule has 5 heteroatoms. The molecule has 0 aromatic heterocycles. The molecule has 2 N–H and O–H groups in total. The van der Waals surface area contributed by atoms with Gasteiger partial charge in [0.05, 0.1) is 4.90 Å². The monoisotopic (exact) mass is 373 g/mol. The Morgan fingerprint density at radius 3 is 2.46 bits per heavy atom. The second kappa shape index (κ2) is 9.01. The molecule has 0 aliphatic heterocycles. The van der Waals surface area contributed by atoms with Crippen LogP contribution in [-0.2, 0) is 10.0 Å². The van der Waals surface area contributed by atoms with Crippen molar-refractivity contribution >= 4 is 15.6 Å². The number of unbranched alkanes of at least 4 members (excludes halogenated alkanes) is 1. The molecule has 26 heavy (non-hydrogen) atoms. The molecule has 0 unspecified atom stereocenters. The number of phenols is 1. The molecule has 2 aromatic rings. The molecule has 0 atom stereocenters. The molecule has 4 nitrogen and oxygen atoms in total. The first-order chi connectivity index (χ1) is 12.3. The largest absolute Gasteiger partial charge is 0.508 e. The fraction of sp³-hybridized carbons (Fsp3) is 0.333. The Morgan fingerprint density at radius 1 is 1.12 bits per heavy atom. The SMILES string of the molecule is CCC/C=C(/CCNS(=O)(=O)c1ccc(C)cc1)c1cc(O)ccc1C. The predicted molar refractivity (Wildman–Crippen MR) is 107 cm³/mol. The average molecular weight is 374 g/mol. The van der Waals surface area contributed by atoms with E-state index < -0.39 is 10.0 Å². The Bertz CT molecular complexity index is 869. The van der Waals surface area contributed by atoms with Crippen LogP contribution in [0.2, 0.25) is 0 Å². The molecule has 0 aliphatic carbocycles. The van der Waals surface area contributed by atoms with Crippen molar-refractivity contribution < 1.29 is 13.5 Å². The highest BCUT2D eigenvalue weighted by Gasteiger charge is 2.14. The predicted octanol–water partition coefficient (Wildman–Crippen LogP) is 4.56. The molecule has 2 rings (SSSR count). The van der Waals surface area contributed by atoms with Gasteiger partial charge in [-0.25, -0.2) is 13.1 Å². The Balaban J connectivity index is 2.12. The van der Waals surface area contributed by atoms with Gasteiger partial charge in [-0.05, 0) is 67.7 Å². The molecule has 0 saturated heterocycles. The standard InChI is InChI=1S/C21H27NO3S/c1-4-5-6-18(21-15-19(23)10-9-17(21)3)13-14-22-26(24,25)20-11-7-16(2)8-12-20/h6-12,15,22-23H,4-5,13-14H2,1-3H3/b18-6-. The molecule has 140 valence electrons. The van der Waals surface area contributed by atoms with Crippen LogP contribution in [0.3, 0.4) is 0 Å².